The van der Waals surface area contributed by atoms with Gasteiger partial charge in [0.25, 0.3) is 0 Å². The van der Waals surface area contributed by atoms with Crippen LogP contribution >= 0.6 is 0 Å². The lowest BCUT2D eigenvalue weighted by Gasteiger charge is -2.23. The Bertz CT molecular complexity index is 623. The summed E-state index contributed by atoms with van der Waals surface area (Å²) in [5.74, 6) is 1.67. The molecule has 0 saturated heterocycles. The number of ether oxygens (including phenoxy) is 1. The number of nitrogens with one attached hydrogen (secondary N) is 1. The van der Waals surface area contributed by atoms with Gasteiger partial charge >= 0.3 is 0 Å². The van der Waals surface area contributed by atoms with Gasteiger partial charge in [0.05, 0.1) is 0 Å². The van der Waals surface area contributed by atoms with Gasteiger partial charge in [0.2, 0.25) is 5.88 Å². The second kappa shape index (κ2) is 6.60. The van der Waals surface area contributed by atoms with E-state index in [1.807, 2.05) is 19.1 Å². The van der Waals surface area contributed by atoms with Crippen molar-refractivity contribution < 1.29 is 4.74 Å². The van der Waals surface area contributed by atoms with Crippen LogP contribution in [0, 0.1) is 6.92 Å². The molecule has 0 amide bonds. The average Bonchev–Trinajstić information content (AvgIpc) is 2.54. The SMILES string of the molecule is Cc1ccc(Nc2ncnc(OC3CCCCC3)c2N)nc1. The summed E-state index contributed by atoms with van der Waals surface area (Å²) < 4.78 is 5.95. The second-order valence-corrected chi connectivity index (χ2v) is 5.66. The maximum absolute atomic E-state index is 6.14. The van der Waals surface area contributed by atoms with Crippen molar-refractivity contribution in [3.63, 3.8) is 0 Å². The van der Waals surface area contributed by atoms with E-state index in [0.717, 1.165) is 18.4 Å². The lowest BCUT2D eigenvalue weighted by molar-refractivity contribution is 0.149. The van der Waals surface area contributed by atoms with Gasteiger partial charge < -0.3 is 15.8 Å². The molecule has 3 rings (SSSR count). The molecule has 1 aliphatic carbocycles. The van der Waals surface area contributed by atoms with Gasteiger partial charge in [-0.1, -0.05) is 12.5 Å². The zero-order valence-electron chi connectivity index (χ0n) is 12.7. The molecule has 22 heavy (non-hydrogen) atoms. The number of aryl methyl sites for hydroxylation is 1. The molecule has 1 saturated carbocycles. The van der Waals surface area contributed by atoms with Gasteiger partial charge in [-0.05, 0) is 44.2 Å². The number of hydrogen-bond acceptors (Lipinski definition) is 6. The molecule has 2 heterocycles. The van der Waals surface area contributed by atoms with Crippen molar-refractivity contribution in [2.75, 3.05) is 11.1 Å². The Balaban J connectivity index is 1.74. The molecule has 0 radical (unpaired) electrons. The van der Waals surface area contributed by atoms with Crippen molar-refractivity contribution >= 4 is 17.3 Å². The third-order valence-corrected chi connectivity index (χ3v) is 3.84. The van der Waals surface area contributed by atoms with Crippen LogP contribution in [0.15, 0.2) is 24.7 Å². The molecule has 0 aromatic carbocycles. The molecule has 1 fully saturated rings. The normalized spacial score (nSPS) is 15.5. The molecule has 2 aromatic heterocycles. The van der Waals surface area contributed by atoms with Crippen molar-refractivity contribution in [1.82, 2.24) is 15.0 Å². The lowest BCUT2D eigenvalue weighted by atomic mass is 9.98. The summed E-state index contributed by atoms with van der Waals surface area (Å²) in [5, 5.41) is 3.11. The van der Waals surface area contributed by atoms with E-state index in [4.69, 9.17) is 10.5 Å². The number of nitrogen functional groups attached to an aromatic ring is 1. The Morgan fingerprint density at radius 3 is 2.68 bits per heavy atom. The largest absolute Gasteiger partial charge is 0.473 e. The smallest absolute Gasteiger partial charge is 0.242 e. The third kappa shape index (κ3) is 3.44. The van der Waals surface area contributed by atoms with E-state index in [2.05, 4.69) is 20.3 Å². The van der Waals surface area contributed by atoms with Crippen LogP contribution in [-0.2, 0) is 0 Å². The maximum Gasteiger partial charge on any atom is 0.242 e. The van der Waals surface area contributed by atoms with Crippen molar-refractivity contribution in [2.24, 2.45) is 0 Å². The molecule has 0 aliphatic heterocycles. The van der Waals surface area contributed by atoms with E-state index in [-0.39, 0.29) is 6.10 Å². The molecule has 1 aliphatic rings. The van der Waals surface area contributed by atoms with Crippen molar-refractivity contribution in [3.05, 3.63) is 30.2 Å². The fourth-order valence-corrected chi connectivity index (χ4v) is 2.58. The van der Waals surface area contributed by atoms with E-state index in [1.54, 1.807) is 6.20 Å². The summed E-state index contributed by atoms with van der Waals surface area (Å²) in [7, 11) is 0. The minimum Gasteiger partial charge on any atom is -0.473 e. The molecular formula is C16H21N5O. The molecule has 6 heteroatoms. The molecule has 2 aromatic rings. The zero-order valence-corrected chi connectivity index (χ0v) is 12.7. The molecule has 6 nitrogen and oxygen atoms in total. The van der Waals surface area contributed by atoms with E-state index in [1.165, 1.54) is 25.6 Å². The monoisotopic (exact) mass is 299 g/mol. The first-order chi connectivity index (χ1) is 10.7. The summed E-state index contributed by atoms with van der Waals surface area (Å²) in [6, 6.07) is 3.87. The van der Waals surface area contributed by atoms with Crippen LogP contribution in [0.1, 0.15) is 37.7 Å². The molecule has 0 bridgehead atoms. The van der Waals surface area contributed by atoms with Crippen LogP contribution < -0.4 is 15.8 Å². The molecule has 0 unspecified atom stereocenters. The predicted molar refractivity (Wildman–Crippen MR) is 86.2 cm³/mol. The van der Waals surface area contributed by atoms with Crippen LogP contribution in [-0.4, -0.2) is 21.1 Å². The van der Waals surface area contributed by atoms with Crippen LogP contribution in [0.5, 0.6) is 5.88 Å². The molecular weight excluding hydrogens is 278 g/mol. The van der Waals surface area contributed by atoms with Gasteiger partial charge in [-0.3, -0.25) is 0 Å². The Labute approximate surface area is 130 Å². The number of nitrogens with two attached hydrogens (primary N) is 1. The van der Waals surface area contributed by atoms with Crippen LogP contribution in [0.25, 0.3) is 0 Å². The highest BCUT2D eigenvalue weighted by Crippen LogP contribution is 2.30. The van der Waals surface area contributed by atoms with Gasteiger partial charge in [0.1, 0.15) is 23.9 Å². The predicted octanol–water partition coefficient (Wildman–Crippen LogP) is 3.22. The second-order valence-electron chi connectivity index (χ2n) is 5.66. The van der Waals surface area contributed by atoms with Crippen LogP contribution in [0.2, 0.25) is 0 Å². The number of pyridine rings is 1. The Morgan fingerprint density at radius 2 is 1.95 bits per heavy atom. The molecule has 0 atom stereocenters. The van der Waals surface area contributed by atoms with E-state index in [9.17, 15) is 0 Å². The first-order valence-corrected chi connectivity index (χ1v) is 7.69. The summed E-state index contributed by atoms with van der Waals surface area (Å²) in [4.78, 5) is 12.6. The van der Waals surface area contributed by atoms with Gasteiger partial charge in [-0.25, -0.2) is 9.97 Å². The van der Waals surface area contributed by atoms with Crippen molar-refractivity contribution in [3.8, 4) is 5.88 Å². The van der Waals surface area contributed by atoms with Crippen molar-refractivity contribution in [2.45, 2.75) is 45.1 Å². The standard InChI is InChI=1S/C16H21N5O/c1-11-7-8-13(18-9-11)21-15-14(17)16(20-10-19-15)22-12-5-3-2-4-6-12/h7-10,12H,2-6,17H2,1H3,(H,18,19,20,21). The van der Waals surface area contributed by atoms with E-state index >= 15 is 0 Å². The van der Waals surface area contributed by atoms with Crippen LogP contribution in [0.4, 0.5) is 17.3 Å². The number of anilines is 3. The minimum atomic E-state index is 0.205. The quantitative estimate of drug-likeness (QED) is 0.901. The Kier molecular flexibility index (Phi) is 4.37. The van der Waals surface area contributed by atoms with E-state index in [0.29, 0.717) is 23.2 Å². The Hall–Kier alpha value is -2.37. The molecule has 0 spiro atoms. The Morgan fingerprint density at radius 1 is 1.14 bits per heavy atom. The van der Waals surface area contributed by atoms with Gasteiger partial charge in [0.15, 0.2) is 5.82 Å². The third-order valence-electron chi connectivity index (χ3n) is 3.84. The van der Waals surface area contributed by atoms with Gasteiger partial charge in [-0.2, -0.15) is 4.98 Å². The minimum absolute atomic E-state index is 0.205. The fraction of sp³-hybridized carbons (Fsp3) is 0.438. The number of rotatable bonds is 4. The van der Waals surface area contributed by atoms with Gasteiger partial charge in [-0.15, -0.1) is 0 Å². The lowest BCUT2D eigenvalue weighted by Crippen LogP contribution is -2.21. The summed E-state index contributed by atoms with van der Waals surface area (Å²) >= 11 is 0. The summed E-state index contributed by atoms with van der Waals surface area (Å²) in [5.41, 5.74) is 7.66. The molecule has 116 valence electrons. The number of aromatic nitrogens is 3. The fourth-order valence-electron chi connectivity index (χ4n) is 2.58. The number of nitrogens with zero attached hydrogens (tertiary/aromatic N) is 3. The highest BCUT2D eigenvalue weighted by Gasteiger charge is 2.18. The average molecular weight is 299 g/mol. The van der Waals surface area contributed by atoms with E-state index < -0.39 is 0 Å². The van der Waals surface area contributed by atoms with Crippen molar-refractivity contribution in [1.29, 1.82) is 0 Å². The maximum atomic E-state index is 6.14. The van der Waals surface area contributed by atoms with Crippen LogP contribution in [0.3, 0.4) is 0 Å². The zero-order chi connectivity index (χ0) is 15.4. The highest BCUT2D eigenvalue weighted by molar-refractivity contribution is 5.70. The molecule has 3 N–H and O–H groups in total. The first-order valence-electron chi connectivity index (χ1n) is 7.69. The summed E-state index contributed by atoms with van der Waals surface area (Å²) in [6.45, 7) is 1.99. The first kappa shape index (κ1) is 14.6. The highest BCUT2D eigenvalue weighted by atomic mass is 16.5. The topological polar surface area (TPSA) is 86.0 Å². The number of hydrogen-bond donors (Lipinski definition) is 2. The summed E-state index contributed by atoms with van der Waals surface area (Å²) in [6.07, 6.45) is 9.27. The van der Waals surface area contributed by atoms with Gasteiger partial charge in [0, 0.05) is 6.20 Å².